The van der Waals surface area contributed by atoms with Crippen LogP contribution in [0.4, 0.5) is 0 Å². The number of carboxylic acids is 1. The van der Waals surface area contributed by atoms with Gasteiger partial charge in [0.15, 0.2) is 0 Å². The van der Waals surface area contributed by atoms with Crippen LogP contribution in [0.1, 0.15) is 26.3 Å². The Morgan fingerprint density at radius 1 is 1.25 bits per heavy atom. The fourth-order valence-electron chi connectivity index (χ4n) is 1.91. The van der Waals surface area contributed by atoms with Crippen LogP contribution < -0.4 is 0 Å². The smallest absolute Gasteiger partial charge is 0.310 e. The van der Waals surface area contributed by atoms with Crippen molar-refractivity contribution in [2.45, 2.75) is 20.8 Å². The molecule has 16 heavy (non-hydrogen) atoms. The van der Waals surface area contributed by atoms with E-state index in [1.54, 1.807) is 0 Å². The SMILES string of the molecule is C/C(=C\c1ccccc1)C(C(=O)O)C(C)C. The van der Waals surface area contributed by atoms with Gasteiger partial charge < -0.3 is 5.11 Å². The molecule has 0 radical (unpaired) electrons. The lowest BCUT2D eigenvalue weighted by Gasteiger charge is -2.17. The lowest BCUT2D eigenvalue weighted by atomic mass is 9.88. The quantitative estimate of drug-likeness (QED) is 0.840. The fraction of sp³-hybridized carbons (Fsp3) is 0.357. The first-order valence-electron chi connectivity index (χ1n) is 5.48. The van der Waals surface area contributed by atoms with Gasteiger partial charge in [-0.1, -0.05) is 55.8 Å². The Labute approximate surface area is 96.6 Å². The molecule has 1 N–H and O–H groups in total. The first-order chi connectivity index (χ1) is 7.52. The van der Waals surface area contributed by atoms with Crippen LogP contribution in [0.5, 0.6) is 0 Å². The molecule has 0 heterocycles. The van der Waals surface area contributed by atoms with E-state index in [1.165, 1.54) is 0 Å². The maximum Gasteiger partial charge on any atom is 0.310 e. The zero-order chi connectivity index (χ0) is 12.1. The van der Waals surface area contributed by atoms with E-state index in [1.807, 2.05) is 57.2 Å². The molecule has 0 aliphatic carbocycles. The van der Waals surface area contributed by atoms with Gasteiger partial charge in [-0.15, -0.1) is 0 Å². The second-order valence-electron chi connectivity index (χ2n) is 4.36. The van der Waals surface area contributed by atoms with Crippen molar-refractivity contribution in [3.8, 4) is 0 Å². The monoisotopic (exact) mass is 218 g/mol. The van der Waals surface area contributed by atoms with Crippen LogP contribution in [-0.2, 0) is 4.79 Å². The van der Waals surface area contributed by atoms with Crippen LogP contribution in [0.2, 0.25) is 0 Å². The number of hydrogen-bond donors (Lipinski definition) is 1. The number of carbonyl (C=O) groups is 1. The summed E-state index contributed by atoms with van der Waals surface area (Å²) in [5.41, 5.74) is 1.95. The molecule has 0 fully saturated rings. The van der Waals surface area contributed by atoms with Crippen LogP contribution >= 0.6 is 0 Å². The maximum atomic E-state index is 11.1. The summed E-state index contributed by atoms with van der Waals surface area (Å²) in [6.07, 6.45) is 1.94. The highest BCUT2D eigenvalue weighted by Crippen LogP contribution is 2.22. The third kappa shape index (κ3) is 3.23. The normalized spacial score (nSPS) is 13.9. The van der Waals surface area contributed by atoms with Gasteiger partial charge in [0, 0.05) is 0 Å². The lowest BCUT2D eigenvalue weighted by molar-refractivity contribution is -0.141. The molecule has 0 saturated carbocycles. The number of carboxylic acid groups (broad SMARTS) is 1. The summed E-state index contributed by atoms with van der Waals surface area (Å²) in [4.78, 5) is 11.1. The van der Waals surface area contributed by atoms with E-state index >= 15 is 0 Å². The zero-order valence-electron chi connectivity index (χ0n) is 9.97. The highest BCUT2D eigenvalue weighted by molar-refractivity contribution is 5.76. The summed E-state index contributed by atoms with van der Waals surface area (Å²) in [6, 6.07) is 9.80. The Kier molecular flexibility index (Phi) is 4.29. The predicted molar refractivity (Wildman–Crippen MR) is 66.1 cm³/mol. The molecule has 0 aliphatic heterocycles. The molecular weight excluding hydrogens is 200 g/mol. The van der Waals surface area contributed by atoms with E-state index in [0.29, 0.717) is 0 Å². The average Bonchev–Trinajstić information content (AvgIpc) is 2.17. The molecule has 2 nitrogen and oxygen atoms in total. The number of rotatable bonds is 4. The summed E-state index contributed by atoms with van der Waals surface area (Å²) in [5.74, 6) is -1.04. The van der Waals surface area contributed by atoms with Crippen molar-refractivity contribution in [3.05, 3.63) is 41.5 Å². The maximum absolute atomic E-state index is 11.1. The molecule has 0 saturated heterocycles. The first-order valence-corrected chi connectivity index (χ1v) is 5.48. The predicted octanol–water partition coefficient (Wildman–Crippen LogP) is 3.45. The summed E-state index contributed by atoms with van der Waals surface area (Å²) < 4.78 is 0. The molecule has 0 amide bonds. The van der Waals surface area contributed by atoms with E-state index in [-0.39, 0.29) is 5.92 Å². The van der Waals surface area contributed by atoms with E-state index in [4.69, 9.17) is 5.11 Å². The van der Waals surface area contributed by atoms with Crippen LogP contribution in [0.3, 0.4) is 0 Å². The number of hydrogen-bond acceptors (Lipinski definition) is 1. The fourth-order valence-corrected chi connectivity index (χ4v) is 1.91. The Hall–Kier alpha value is -1.57. The molecule has 1 rings (SSSR count). The summed E-state index contributed by atoms with van der Waals surface area (Å²) in [6.45, 7) is 5.74. The van der Waals surface area contributed by atoms with Crippen LogP contribution in [-0.4, -0.2) is 11.1 Å². The minimum absolute atomic E-state index is 0.109. The van der Waals surface area contributed by atoms with Gasteiger partial charge in [0.1, 0.15) is 0 Å². The Bertz CT molecular complexity index is 377. The van der Waals surface area contributed by atoms with E-state index in [9.17, 15) is 4.79 Å². The molecule has 1 atom stereocenters. The highest BCUT2D eigenvalue weighted by atomic mass is 16.4. The molecular formula is C14H18O2. The third-order valence-corrected chi connectivity index (χ3v) is 2.62. The second kappa shape index (κ2) is 5.50. The molecule has 1 aromatic carbocycles. The van der Waals surface area contributed by atoms with E-state index < -0.39 is 11.9 Å². The van der Waals surface area contributed by atoms with Crippen molar-refractivity contribution in [3.63, 3.8) is 0 Å². The minimum Gasteiger partial charge on any atom is -0.481 e. The van der Waals surface area contributed by atoms with Gasteiger partial charge in [-0.05, 0) is 18.4 Å². The molecule has 0 aromatic heterocycles. The zero-order valence-corrected chi connectivity index (χ0v) is 9.97. The van der Waals surface area contributed by atoms with Gasteiger partial charge in [-0.2, -0.15) is 0 Å². The molecule has 0 bridgehead atoms. The third-order valence-electron chi connectivity index (χ3n) is 2.62. The van der Waals surface area contributed by atoms with Gasteiger partial charge in [0.05, 0.1) is 5.92 Å². The van der Waals surface area contributed by atoms with Crippen molar-refractivity contribution in [2.75, 3.05) is 0 Å². The van der Waals surface area contributed by atoms with Gasteiger partial charge in [0.25, 0.3) is 0 Å². The molecule has 2 heteroatoms. The standard InChI is InChI=1S/C14H18O2/c1-10(2)13(14(15)16)11(3)9-12-7-5-4-6-8-12/h4-10,13H,1-3H3,(H,15,16)/b11-9+. The molecule has 86 valence electrons. The van der Waals surface area contributed by atoms with Crippen LogP contribution in [0.25, 0.3) is 6.08 Å². The molecule has 0 aliphatic rings. The van der Waals surface area contributed by atoms with E-state index in [2.05, 4.69) is 0 Å². The summed E-state index contributed by atoms with van der Waals surface area (Å²) >= 11 is 0. The highest BCUT2D eigenvalue weighted by Gasteiger charge is 2.22. The lowest BCUT2D eigenvalue weighted by Crippen LogP contribution is -2.20. The van der Waals surface area contributed by atoms with Crippen LogP contribution in [0.15, 0.2) is 35.9 Å². The Morgan fingerprint density at radius 3 is 2.25 bits per heavy atom. The van der Waals surface area contributed by atoms with Crippen molar-refractivity contribution >= 4 is 12.0 Å². The van der Waals surface area contributed by atoms with E-state index in [0.717, 1.165) is 11.1 Å². The van der Waals surface area contributed by atoms with Gasteiger partial charge in [-0.3, -0.25) is 4.79 Å². The molecule has 0 spiro atoms. The largest absolute Gasteiger partial charge is 0.481 e. The summed E-state index contributed by atoms with van der Waals surface area (Å²) in [5, 5.41) is 9.15. The molecule has 1 aromatic rings. The van der Waals surface area contributed by atoms with Gasteiger partial charge >= 0.3 is 5.97 Å². The number of aliphatic carboxylic acids is 1. The second-order valence-corrected chi connectivity index (χ2v) is 4.36. The van der Waals surface area contributed by atoms with Crippen molar-refractivity contribution < 1.29 is 9.90 Å². The van der Waals surface area contributed by atoms with Crippen molar-refractivity contribution in [1.29, 1.82) is 0 Å². The first kappa shape index (κ1) is 12.5. The summed E-state index contributed by atoms with van der Waals surface area (Å²) in [7, 11) is 0. The Balaban J connectivity index is 2.95. The van der Waals surface area contributed by atoms with Gasteiger partial charge in [0.2, 0.25) is 0 Å². The number of benzene rings is 1. The van der Waals surface area contributed by atoms with Crippen molar-refractivity contribution in [1.82, 2.24) is 0 Å². The molecule has 1 unspecified atom stereocenters. The van der Waals surface area contributed by atoms with Crippen molar-refractivity contribution in [2.24, 2.45) is 11.8 Å². The Morgan fingerprint density at radius 2 is 1.81 bits per heavy atom. The topological polar surface area (TPSA) is 37.3 Å². The minimum atomic E-state index is -0.750. The average molecular weight is 218 g/mol. The van der Waals surface area contributed by atoms with Gasteiger partial charge in [-0.25, -0.2) is 0 Å². The van der Waals surface area contributed by atoms with Crippen LogP contribution in [0, 0.1) is 11.8 Å².